The zero-order chi connectivity index (χ0) is 12.5. The van der Waals surface area contributed by atoms with Gasteiger partial charge in [0.1, 0.15) is 0 Å². The van der Waals surface area contributed by atoms with Crippen molar-refractivity contribution in [2.45, 2.75) is 6.42 Å². The van der Waals surface area contributed by atoms with Crippen LogP contribution in [0.3, 0.4) is 0 Å². The Morgan fingerprint density at radius 3 is 2.78 bits per heavy atom. The smallest absolute Gasteiger partial charge is 0.227 e. The van der Waals surface area contributed by atoms with Crippen LogP contribution < -0.4 is 4.90 Å². The molecule has 1 amide bonds. The molecule has 3 rings (SSSR count). The molecule has 0 spiro atoms. The maximum atomic E-state index is 11.9. The third-order valence-electron chi connectivity index (χ3n) is 3.19. The Bertz CT molecular complexity index is 602. The molecule has 18 heavy (non-hydrogen) atoms. The maximum absolute atomic E-state index is 11.9. The van der Waals surface area contributed by atoms with Gasteiger partial charge in [-0.2, -0.15) is 0 Å². The number of alkyl halides is 1. The zero-order valence-corrected chi connectivity index (χ0v) is 10.5. The lowest BCUT2D eigenvalue weighted by Gasteiger charge is -2.16. The average Bonchev–Trinajstić information content (AvgIpc) is 2.79. The predicted molar refractivity (Wildman–Crippen MR) is 70.7 cm³/mol. The highest BCUT2D eigenvalue weighted by Crippen LogP contribution is 2.27. The first kappa shape index (κ1) is 11.4. The van der Waals surface area contributed by atoms with Crippen LogP contribution in [0.5, 0.6) is 0 Å². The first-order chi connectivity index (χ1) is 8.78. The minimum atomic E-state index is 0.129. The van der Waals surface area contributed by atoms with Crippen LogP contribution in [-0.2, 0) is 4.79 Å². The van der Waals surface area contributed by atoms with E-state index >= 15 is 0 Å². The van der Waals surface area contributed by atoms with Gasteiger partial charge in [0.2, 0.25) is 5.91 Å². The molecule has 0 bridgehead atoms. The van der Waals surface area contributed by atoms with Gasteiger partial charge >= 0.3 is 0 Å². The minimum Gasteiger partial charge on any atom is -0.312 e. The summed E-state index contributed by atoms with van der Waals surface area (Å²) in [5.74, 6) is 0.899. The van der Waals surface area contributed by atoms with Crippen molar-refractivity contribution >= 4 is 34.2 Å². The number of aromatic nitrogens is 2. The topological polar surface area (TPSA) is 46.1 Å². The molecule has 1 aromatic heterocycles. The molecule has 1 aliphatic heterocycles. The van der Waals surface area contributed by atoms with E-state index in [1.807, 2.05) is 18.2 Å². The lowest BCUT2D eigenvalue weighted by molar-refractivity contribution is -0.117. The molecule has 0 N–H and O–H groups in total. The van der Waals surface area contributed by atoms with Crippen LogP contribution in [0.25, 0.3) is 11.0 Å². The van der Waals surface area contributed by atoms with E-state index in [2.05, 4.69) is 9.97 Å². The summed E-state index contributed by atoms with van der Waals surface area (Å²) < 4.78 is 0. The van der Waals surface area contributed by atoms with Crippen LogP contribution in [0.1, 0.15) is 6.42 Å². The monoisotopic (exact) mass is 261 g/mol. The highest BCUT2D eigenvalue weighted by Gasteiger charge is 2.29. The summed E-state index contributed by atoms with van der Waals surface area (Å²) in [6.45, 7) is 0.689. The highest BCUT2D eigenvalue weighted by molar-refractivity contribution is 6.18. The summed E-state index contributed by atoms with van der Waals surface area (Å²) in [5, 5.41) is 0. The van der Waals surface area contributed by atoms with Gasteiger partial charge in [-0.1, -0.05) is 0 Å². The number of anilines is 1. The normalized spacial score (nSPS) is 19.7. The second-order valence-electron chi connectivity index (χ2n) is 4.46. The van der Waals surface area contributed by atoms with E-state index in [9.17, 15) is 4.79 Å². The van der Waals surface area contributed by atoms with Gasteiger partial charge in [0, 0.05) is 36.9 Å². The number of hydrogen-bond donors (Lipinski definition) is 0. The molecule has 1 aromatic carbocycles. The van der Waals surface area contributed by atoms with Crippen LogP contribution in [0.15, 0.2) is 30.6 Å². The van der Waals surface area contributed by atoms with Gasteiger partial charge in [0.25, 0.3) is 0 Å². The molecule has 4 nitrogen and oxygen atoms in total. The Labute approximate surface area is 110 Å². The molecule has 5 heteroatoms. The highest BCUT2D eigenvalue weighted by atomic mass is 35.5. The second-order valence-corrected chi connectivity index (χ2v) is 4.77. The molecule has 1 aliphatic rings. The van der Waals surface area contributed by atoms with E-state index in [0.717, 1.165) is 16.7 Å². The van der Waals surface area contributed by atoms with E-state index in [0.29, 0.717) is 18.8 Å². The third kappa shape index (κ3) is 1.93. The van der Waals surface area contributed by atoms with Crippen LogP contribution in [0, 0.1) is 5.92 Å². The number of amides is 1. The van der Waals surface area contributed by atoms with E-state index in [4.69, 9.17) is 11.6 Å². The van der Waals surface area contributed by atoms with Crippen molar-refractivity contribution in [3.8, 4) is 0 Å². The zero-order valence-electron chi connectivity index (χ0n) is 9.71. The van der Waals surface area contributed by atoms with Gasteiger partial charge in [-0.25, -0.2) is 0 Å². The molecule has 0 saturated carbocycles. The Hall–Kier alpha value is -1.68. The SMILES string of the molecule is O=C1CC(CCl)CN1c1ccc2nccnc2c1. The predicted octanol–water partition coefficient (Wildman–Crippen LogP) is 2.22. The number of benzene rings is 1. The van der Waals surface area contributed by atoms with E-state index in [1.165, 1.54) is 0 Å². The Morgan fingerprint density at radius 2 is 2.06 bits per heavy atom. The number of carbonyl (C=O) groups excluding carboxylic acids is 1. The van der Waals surface area contributed by atoms with Gasteiger partial charge < -0.3 is 4.90 Å². The van der Waals surface area contributed by atoms with Crippen molar-refractivity contribution in [3.05, 3.63) is 30.6 Å². The van der Waals surface area contributed by atoms with E-state index in [-0.39, 0.29) is 11.8 Å². The van der Waals surface area contributed by atoms with Crippen LogP contribution in [0.4, 0.5) is 5.69 Å². The van der Waals surface area contributed by atoms with Crippen LogP contribution in [0.2, 0.25) is 0 Å². The first-order valence-corrected chi connectivity index (χ1v) is 6.38. The summed E-state index contributed by atoms with van der Waals surface area (Å²) in [4.78, 5) is 22.2. The number of fused-ring (bicyclic) bond motifs is 1. The number of nitrogens with zero attached hydrogens (tertiary/aromatic N) is 3. The van der Waals surface area contributed by atoms with Crippen molar-refractivity contribution in [1.82, 2.24) is 9.97 Å². The number of carbonyl (C=O) groups is 1. The molecule has 1 saturated heterocycles. The van der Waals surface area contributed by atoms with Gasteiger partial charge in [-0.3, -0.25) is 14.8 Å². The van der Waals surface area contributed by atoms with Crippen LogP contribution in [-0.4, -0.2) is 28.3 Å². The third-order valence-corrected chi connectivity index (χ3v) is 3.62. The molecule has 92 valence electrons. The fraction of sp³-hybridized carbons (Fsp3) is 0.308. The van der Waals surface area contributed by atoms with Crippen molar-refractivity contribution in [2.75, 3.05) is 17.3 Å². The fourth-order valence-corrected chi connectivity index (χ4v) is 2.46. The standard InChI is InChI=1S/C13H12ClN3O/c14-7-9-5-13(18)17(8-9)10-1-2-11-12(6-10)16-4-3-15-11/h1-4,6,9H,5,7-8H2. The van der Waals surface area contributed by atoms with Crippen molar-refractivity contribution in [3.63, 3.8) is 0 Å². The number of rotatable bonds is 2. The summed E-state index contributed by atoms with van der Waals surface area (Å²) in [5.41, 5.74) is 2.51. The molecule has 2 heterocycles. The van der Waals surface area contributed by atoms with Crippen molar-refractivity contribution < 1.29 is 4.79 Å². The summed E-state index contributed by atoms with van der Waals surface area (Å²) in [6, 6.07) is 5.70. The lowest BCUT2D eigenvalue weighted by atomic mass is 10.1. The van der Waals surface area contributed by atoms with Gasteiger partial charge in [-0.05, 0) is 24.1 Å². The molecule has 1 fully saturated rings. The molecular formula is C13H12ClN3O. The number of hydrogen-bond acceptors (Lipinski definition) is 3. The van der Waals surface area contributed by atoms with Crippen molar-refractivity contribution in [2.24, 2.45) is 5.92 Å². The van der Waals surface area contributed by atoms with Crippen molar-refractivity contribution in [1.29, 1.82) is 0 Å². The van der Waals surface area contributed by atoms with Gasteiger partial charge in [0.15, 0.2) is 0 Å². The average molecular weight is 262 g/mol. The van der Waals surface area contributed by atoms with Gasteiger partial charge in [-0.15, -0.1) is 11.6 Å². The minimum absolute atomic E-state index is 0.129. The Balaban J connectivity index is 1.97. The molecular weight excluding hydrogens is 250 g/mol. The molecule has 1 unspecified atom stereocenters. The maximum Gasteiger partial charge on any atom is 0.227 e. The summed E-state index contributed by atoms with van der Waals surface area (Å²) >= 11 is 5.82. The molecule has 0 aliphatic carbocycles. The van der Waals surface area contributed by atoms with Crippen LogP contribution >= 0.6 is 11.6 Å². The quantitative estimate of drug-likeness (QED) is 0.779. The second kappa shape index (κ2) is 4.53. The number of halogens is 1. The van der Waals surface area contributed by atoms with Gasteiger partial charge in [0.05, 0.1) is 11.0 Å². The molecule has 2 aromatic rings. The first-order valence-electron chi connectivity index (χ1n) is 5.85. The van der Waals surface area contributed by atoms with E-state index < -0.39 is 0 Å². The van der Waals surface area contributed by atoms with E-state index in [1.54, 1.807) is 17.3 Å². The summed E-state index contributed by atoms with van der Waals surface area (Å²) in [6.07, 6.45) is 3.84. The largest absolute Gasteiger partial charge is 0.312 e. The summed E-state index contributed by atoms with van der Waals surface area (Å²) in [7, 11) is 0. The lowest BCUT2D eigenvalue weighted by Crippen LogP contribution is -2.24. The fourth-order valence-electron chi connectivity index (χ4n) is 2.25. The Morgan fingerprint density at radius 1 is 1.28 bits per heavy atom. The molecule has 0 radical (unpaired) electrons. The molecule has 1 atom stereocenters. The Kier molecular flexibility index (Phi) is 2.88.